The van der Waals surface area contributed by atoms with Crippen LogP contribution in [0.2, 0.25) is 0 Å². The van der Waals surface area contributed by atoms with Crippen LogP contribution in [0.5, 0.6) is 0 Å². The molecule has 0 aliphatic rings. The Morgan fingerprint density at radius 3 is 1.19 bits per heavy atom. The largest absolute Gasteiger partial charge is 0.472 e. The standard InChI is InChI=1S/C55H110NO7P/c1-6-8-10-12-14-16-18-20-22-24-26-28-30-32-34-36-38-40-42-44-46-48-55(57)63-54(53-62-64(58,59)61-51-49-56(3,4)5)52-60-50-47-45-43-41-39-37-35-33-31-29-27-25-23-21-19-17-15-13-11-9-7-2/h24,26,54H,6-23,25,27-53H2,1-5H3/p+1/b26-24-. The average Bonchev–Trinajstić information content (AvgIpc) is 3.25. The summed E-state index contributed by atoms with van der Waals surface area (Å²) in [7, 11) is 1.68. The number of phosphoric acid groups is 1. The van der Waals surface area contributed by atoms with Gasteiger partial charge in [0.05, 0.1) is 34.4 Å². The van der Waals surface area contributed by atoms with E-state index in [9.17, 15) is 14.3 Å². The van der Waals surface area contributed by atoms with Crippen LogP contribution in [0.1, 0.15) is 277 Å². The highest BCUT2D eigenvalue weighted by atomic mass is 31.2. The summed E-state index contributed by atoms with van der Waals surface area (Å²) in [5.74, 6) is -0.308. The SMILES string of the molecule is CCCCCCCCCC/C=C\CCCCCCCCCCCC(=O)OC(COCCCCCCCCCCCCCCCCCCCCCCC)COP(=O)(O)OCC[N+](C)(C)C. The molecule has 0 fully saturated rings. The van der Waals surface area contributed by atoms with E-state index in [1.165, 1.54) is 225 Å². The number of esters is 1. The summed E-state index contributed by atoms with van der Waals surface area (Å²) in [6, 6.07) is 0. The molecule has 0 rings (SSSR count). The number of phosphoric ester groups is 1. The van der Waals surface area contributed by atoms with Gasteiger partial charge in [-0.05, 0) is 38.5 Å². The molecule has 0 amide bonds. The minimum Gasteiger partial charge on any atom is -0.457 e. The van der Waals surface area contributed by atoms with Gasteiger partial charge in [0.15, 0.2) is 0 Å². The van der Waals surface area contributed by atoms with Crippen molar-refractivity contribution in [2.24, 2.45) is 0 Å². The molecular formula is C55H111NO7P+. The Balaban J connectivity index is 4.06. The normalized spacial score (nSPS) is 13.5. The molecule has 0 aromatic carbocycles. The van der Waals surface area contributed by atoms with Crippen LogP contribution in [0.4, 0.5) is 0 Å². The highest BCUT2D eigenvalue weighted by molar-refractivity contribution is 7.47. The quantitative estimate of drug-likeness (QED) is 0.0214. The first-order valence-corrected chi connectivity index (χ1v) is 29.4. The molecule has 9 heteroatoms. The topological polar surface area (TPSA) is 91.3 Å². The Kier molecular flexibility index (Phi) is 48.1. The minimum absolute atomic E-state index is 0.0920. The minimum atomic E-state index is -4.28. The van der Waals surface area contributed by atoms with Crippen LogP contribution in [0, 0.1) is 0 Å². The lowest BCUT2D eigenvalue weighted by Crippen LogP contribution is -2.37. The van der Waals surface area contributed by atoms with Crippen LogP contribution in [0.15, 0.2) is 12.2 Å². The number of rotatable bonds is 53. The van der Waals surface area contributed by atoms with Crippen LogP contribution in [0.3, 0.4) is 0 Å². The van der Waals surface area contributed by atoms with E-state index in [1.54, 1.807) is 0 Å². The van der Waals surface area contributed by atoms with Crippen molar-refractivity contribution in [3.05, 3.63) is 12.2 Å². The van der Waals surface area contributed by atoms with Crippen molar-refractivity contribution >= 4 is 13.8 Å². The van der Waals surface area contributed by atoms with Crippen LogP contribution < -0.4 is 0 Å². The molecule has 0 aromatic rings. The van der Waals surface area contributed by atoms with Gasteiger partial charge in [0, 0.05) is 13.0 Å². The van der Waals surface area contributed by atoms with Gasteiger partial charge in [0.25, 0.3) is 0 Å². The number of likely N-dealkylation sites (N-methyl/N-ethyl adjacent to an activating group) is 1. The van der Waals surface area contributed by atoms with E-state index in [4.69, 9.17) is 18.5 Å². The fraction of sp³-hybridized carbons (Fsp3) is 0.945. The van der Waals surface area contributed by atoms with Crippen molar-refractivity contribution in [1.82, 2.24) is 0 Å². The molecule has 0 heterocycles. The van der Waals surface area contributed by atoms with Crippen molar-refractivity contribution in [2.45, 2.75) is 283 Å². The van der Waals surface area contributed by atoms with E-state index in [1.807, 2.05) is 21.1 Å². The summed E-state index contributed by atoms with van der Waals surface area (Å²) >= 11 is 0. The molecule has 64 heavy (non-hydrogen) atoms. The second kappa shape index (κ2) is 48.7. The highest BCUT2D eigenvalue weighted by Crippen LogP contribution is 2.43. The number of ether oxygens (including phenoxy) is 2. The number of unbranched alkanes of at least 4 members (excludes halogenated alkanes) is 37. The van der Waals surface area contributed by atoms with Crippen LogP contribution in [-0.2, 0) is 27.9 Å². The zero-order valence-electron chi connectivity index (χ0n) is 43.6. The van der Waals surface area contributed by atoms with Gasteiger partial charge in [-0.3, -0.25) is 13.8 Å². The number of hydrogen-bond donors (Lipinski definition) is 1. The first-order valence-electron chi connectivity index (χ1n) is 27.9. The van der Waals surface area contributed by atoms with Gasteiger partial charge in [0.2, 0.25) is 0 Å². The van der Waals surface area contributed by atoms with Crippen molar-refractivity contribution < 1.29 is 37.3 Å². The van der Waals surface area contributed by atoms with Crippen LogP contribution in [0.25, 0.3) is 0 Å². The maximum Gasteiger partial charge on any atom is 0.472 e. The van der Waals surface area contributed by atoms with E-state index in [0.29, 0.717) is 24.1 Å². The summed E-state index contributed by atoms with van der Waals surface area (Å²) in [4.78, 5) is 23.0. The molecule has 0 aromatic heterocycles. The van der Waals surface area contributed by atoms with Crippen LogP contribution >= 0.6 is 7.82 Å². The molecule has 0 bridgehead atoms. The van der Waals surface area contributed by atoms with Crippen molar-refractivity contribution in [3.8, 4) is 0 Å². The molecule has 382 valence electrons. The van der Waals surface area contributed by atoms with Crippen LogP contribution in [-0.4, -0.2) is 75.6 Å². The average molecular weight is 929 g/mol. The zero-order valence-corrected chi connectivity index (χ0v) is 44.4. The fourth-order valence-electron chi connectivity index (χ4n) is 8.26. The van der Waals surface area contributed by atoms with Gasteiger partial charge in [0.1, 0.15) is 19.3 Å². The summed E-state index contributed by atoms with van der Waals surface area (Å²) in [6.45, 7) is 5.70. The van der Waals surface area contributed by atoms with Gasteiger partial charge in [-0.25, -0.2) is 4.57 Å². The second-order valence-electron chi connectivity index (χ2n) is 20.3. The Morgan fingerprint density at radius 2 is 0.812 bits per heavy atom. The van der Waals surface area contributed by atoms with Gasteiger partial charge in [-0.2, -0.15) is 0 Å². The second-order valence-corrected chi connectivity index (χ2v) is 21.8. The Hall–Kier alpha value is -0.760. The van der Waals surface area contributed by atoms with Gasteiger partial charge < -0.3 is 18.9 Å². The molecule has 8 nitrogen and oxygen atoms in total. The molecule has 0 aliphatic carbocycles. The van der Waals surface area contributed by atoms with E-state index >= 15 is 0 Å². The lowest BCUT2D eigenvalue weighted by molar-refractivity contribution is -0.870. The molecule has 0 saturated carbocycles. The van der Waals surface area contributed by atoms with E-state index in [0.717, 1.165) is 32.1 Å². The van der Waals surface area contributed by atoms with E-state index in [-0.39, 0.29) is 25.8 Å². The predicted octanol–water partition coefficient (Wildman–Crippen LogP) is 17.3. The molecule has 0 spiro atoms. The zero-order chi connectivity index (χ0) is 46.9. The first-order chi connectivity index (χ1) is 31.1. The van der Waals surface area contributed by atoms with Crippen molar-refractivity contribution in [1.29, 1.82) is 0 Å². The number of carbonyl (C=O) groups is 1. The summed E-state index contributed by atoms with van der Waals surface area (Å²) in [5.41, 5.74) is 0. The number of carbonyl (C=O) groups excluding carboxylic acids is 1. The molecule has 0 radical (unpaired) electrons. The third-order valence-electron chi connectivity index (χ3n) is 12.6. The fourth-order valence-corrected chi connectivity index (χ4v) is 9.00. The van der Waals surface area contributed by atoms with E-state index < -0.39 is 13.9 Å². The first kappa shape index (κ1) is 63.2. The van der Waals surface area contributed by atoms with E-state index in [2.05, 4.69) is 26.0 Å². The summed E-state index contributed by atoms with van der Waals surface area (Å²) < 4.78 is 35.2. The summed E-state index contributed by atoms with van der Waals surface area (Å²) in [5, 5.41) is 0. The van der Waals surface area contributed by atoms with Gasteiger partial charge in [-0.15, -0.1) is 0 Å². The maximum atomic E-state index is 12.8. The third-order valence-corrected chi connectivity index (χ3v) is 13.6. The van der Waals surface area contributed by atoms with Gasteiger partial charge >= 0.3 is 13.8 Å². The smallest absolute Gasteiger partial charge is 0.457 e. The Morgan fingerprint density at radius 1 is 0.469 bits per heavy atom. The summed E-state index contributed by atoms with van der Waals surface area (Å²) in [6.07, 6.45) is 56.9. The number of hydrogen-bond acceptors (Lipinski definition) is 6. The monoisotopic (exact) mass is 929 g/mol. The maximum absolute atomic E-state index is 12.8. The molecular weight excluding hydrogens is 818 g/mol. The molecule has 0 aliphatic heterocycles. The number of quaternary nitrogens is 1. The Bertz CT molecular complexity index is 1030. The molecule has 1 N–H and O–H groups in total. The van der Waals surface area contributed by atoms with Crippen molar-refractivity contribution in [2.75, 3.05) is 54.1 Å². The number of allylic oxidation sites excluding steroid dienone is 2. The lowest BCUT2D eigenvalue weighted by Gasteiger charge is -2.24. The molecule has 0 saturated heterocycles. The molecule has 2 unspecified atom stereocenters. The lowest BCUT2D eigenvalue weighted by atomic mass is 10.0. The third kappa shape index (κ3) is 52.2. The van der Waals surface area contributed by atoms with Crippen molar-refractivity contribution in [3.63, 3.8) is 0 Å². The number of nitrogens with zero attached hydrogens (tertiary/aromatic N) is 1. The Labute approximate surface area is 399 Å². The van der Waals surface area contributed by atoms with Gasteiger partial charge in [-0.1, -0.05) is 244 Å². The highest BCUT2D eigenvalue weighted by Gasteiger charge is 2.26. The molecule has 2 atom stereocenters. The predicted molar refractivity (Wildman–Crippen MR) is 275 cm³/mol.